The van der Waals surface area contributed by atoms with Crippen LogP contribution in [0, 0.1) is 5.82 Å². The van der Waals surface area contributed by atoms with E-state index in [9.17, 15) is 14.0 Å². The SMILES string of the molecule is COC(=O)C1=C(C)N=c2s/c(=C/c3ccc(F)cc3)c(=O)n2[C@H]1c1ccc(Cl)cc1. The normalized spacial score (nSPS) is 16.3. The number of aromatic nitrogens is 1. The number of methoxy groups -OCH3 is 1. The van der Waals surface area contributed by atoms with Crippen LogP contribution in [0.4, 0.5) is 4.39 Å². The Morgan fingerprint density at radius 3 is 2.50 bits per heavy atom. The van der Waals surface area contributed by atoms with Crippen molar-refractivity contribution in [1.82, 2.24) is 4.57 Å². The topological polar surface area (TPSA) is 60.7 Å². The zero-order chi connectivity index (χ0) is 21.4. The Kier molecular flexibility index (Phi) is 5.40. The third-order valence-corrected chi connectivity index (χ3v) is 6.02. The molecule has 0 N–H and O–H groups in total. The van der Waals surface area contributed by atoms with E-state index in [1.807, 2.05) is 0 Å². The number of ether oxygens (including phenoxy) is 1. The van der Waals surface area contributed by atoms with E-state index in [-0.39, 0.29) is 11.4 Å². The number of thiazole rings is 1. The monoisotopic (exact) mass is 442 g/mol. The van der Waals surface area contributed by atoms with Gasteiger partial charge in [-0.05, 0) is 48.4 Å². The summed E-state index contributed by atoms with van der Waals surface area (Å²) in [6.45, 7) is 1.71. The molecule has 0 saturated heterocycles. The van der Waals surface area contributed by atoms with Crippen molar-refractivity contribution in [3.05, 3.63) is 101 Å². The van der Waals surface area contributed by atoms with E-state index in [4.69, 9.17) is 16.3 Å². The van der Waals surface area contributed by atoms with Crippen molar-refractivity contribution in [2.24, 2.45) is 4.99 Å². The van der Waals surface area contributed by atoms with Crippen molar-refractivity contribution in [3.63, 3.8) is 0 Å². The van der Waals surface area contributed by atoms with Gasteiger partial charge in [0.1, 0.15) is 5.82 Å². The summed E-state index contributed by atoms with van der Waals surface area (Å²) in [5.74, 6) is -0.904. The molecule has 1 aromatic heterocycles. The first-order valence-corrected chi connectivity index (χ1v) is 10.2. The number of nitrogens with zero attached hydrogens (tertiary/aromatic N) is 2. The second-order valence-corrected chi connectivity index (χ2v) is 8.12. The lowest BCUT2D eigenvalue weighted by molar-refractivity contribution is -0.136. The number of allylic oxidation sites excluding steroid dienone is 1. The molecule has 30 heavy (non-hydrogen) atoms. The van der Waals surface area contributed by atoms with E-state index in [0.29, 0.717) is 36.8 Å². The lowest BCUT2D eigenvalue weighted by atomic mass is 9.96. The van der Waals surface area contributed by atoms with Crippen LogP contribution in [-0.4, -0.2) is 17.6 Å². The van der Waals surface area contributed by atoms with E-state index >= 15 is 0 Å². The van der Waals surface area contributed by atoms with Crippen LogP contribution >= 0.6 is 22.9 Å². The molecule has 2 aromatic carbocycles. The molecule has 0 spiro atoms. The summed E-state index contributed by atoms with van der Waals surface area (Å²) in [5.41, 5.74) is 1.88. The average Bonchev–Trinajstić information content (AvgIpc) is 3.03. The Labute approximate surface area is 180 Å². The maximum absolute atomic E-state index is 13.3. The number of benzene rings is 2. The summed E-state index contributed by atoms with van der Waals surface area (Å²) in [4.78, 5) is 30.8. The van der Waals surface area contributed by atoms with Crippen LogP contribution in [0.2, 0.25) is 5.02 Å². The second-order valence-electron chi connectivity index (χ2n) is 6.68. The van der Waals surface area contributed by atoms with Gasteiger partial charge >= 0.3 is 5.97 Å². The molecule has 0 unspecified atom stereocenters. The highest BCUT2D eigenvalue weighted by Crippen LogP contribution is 2.31. The lowest BCUT2D eigenvalue weighted by Crippen LogP contribution is -2.39. The molecule has 5 nitrogen and oxygen atoms in total. The van der Waals surface area contributed by atoms with Gasteiger partial charge in [-0.1, -0.05) is 47.2 Å². The van der Waals surface area contributed by atoms with E-state index in [1.54, 1.807) is 49.4 Å². The zero-order valence-electron chi connectivity index (χ0n) is 16.1. The van der Waals surface area contributed by atoms with Gasteiger partial charge in [-0.25, -0.2) is 14.2 Å². The van der Waals surface area contributed by atoms with Crippen molar-refractivity contribution in [3.8, 4) is 0 Å². The fraction of sp³-hybridized carbons (Fsp3) is 0.136. The maximum atomic E-state index is 13.3. The van der Waals surface area contributed by atoms with Crippen LogP contribution in [0.3, 0.4) is 0 Å². The minimum Gasteiger partial charge on any atom is -0.466 e. The minimum absolute atomic E-state index is 0.292. The van der Waals surface area contributed by atoms with Gasteiger partial charge in [0.05, 0.1) is 29.0 Å². The van der Waals surface area contributed by atoms with Gasteiger partial charge in [-0.2, -0.15) is 0 Å². The number of fused-ring (bicyclic) bond motifs is 1. The molecule has 8 heteroatoms. The van der Waals surface area contributed by atoms with Crippen LogP contribution in [0.5, 0.6) is 0 Å². The first-order valence-electron chi connectivity index (χ1n) is 9.01. The first-order chi connectivity index (χ1) is 14.4. The average molecular weight is 443 g/mol. The molecule has 1 aliphatic rings. The highest BCUT2D eigenvalue weighted by atomic mass is 35.5. The highest BCUT2D eigenvalue weighted by molar-refractivity contribution is 7.07. The number of carbonyl (C=O) groups is 1. The maximum Gasteiger partial charge on any atom is 0.338 e. The summed E-state index contributed by atoms with van der Waals surface area (Å²) in [5, 5.41) is 0.544. The smallest absolute Gasteiger partial charge is 0.338 e. The van der Waals surface area contributed by atoms with E-state index in [2.05, 4.69) is 4.99 Å². The zero-order valence-corrected chi connectivity index (χ0v) is 17.6. The molecule has 1 atom stereocenters. The molecule has 152 valence electrons. The predicted octanol–water partition coefficient (Wildman–Crippen LogP) is 3.20. The summed E-state index contributed by atoms with van der Waals surface area (Å²) in [7, 11) is 1.29. The van der Waals surface area contributed by atoms with Crippen LogP contribution in [0.1, 0.15) is 24.1 Å². The van der Waals surface area contributed by atoms with Crippen LogP contribution in [0.25, 0.3) is 6.08 Å². The van der Waals surface area contributed by atoms with Crippen LogP contribution in [0.15, 0.2) is 69.6 Å². The molecule has 0 bridgehead atoms. The van der Waals surface area contributed by atoms with Gasteiger partial charge in [0.25, 0.3) is 5.56 Å². The van der Waals surface area contributed by atoms with E-state index in [0.717, 1.165) is 0 Å². The summed E-state index contributed by atoms with van der Waals surface area (Å²) >= 11 is 7.23. The lowest BCUT2D eigenvalue weighted by Gasteiger charge is -2.24. The molecule has 1 aliphatic heterocycles. The molecule has 0 amide bonds. The molecule has 0 fully saturated rings. The van der Waals surface area contributed by atoms with E-state index < -0.39 is 12.0 Å². The van der Waals surface area contributed by atoms with Crippen molar-refractivity contribution < 1.29 is 13.9 Å². The Morgan fingerprint density at radius 2 is 1.87 bits per heavy atom. The van der Waals surface area contributed by atoms with Crippen LogP contribution < -0.4 is 14.9 Å². The first kappa shape index (κ1) is 20.3. The number of halogens is 2. The highest BCUT2D eigenvalue weighted by Gasteiger charge is 2.32. The fourth-order valence-electron chi connectivity index (χ4n) is 3.36. The van der Waals surface area contributed by atoms with Gasteiger partial charge in [-0.3, -0.25) is 9.36 Å². The van der Waals surface area contributed by atoms with Crippen molar-refractivity contribution in [2.45, 2.75) is 13.0 Å². The largest absolute Gasteiger partial charge is 0.466 e. The minimum atomic E-state index is -0.693. The van der Waals surface area contributed by atoms with Gasteiger partial charge < -0.3 is 4.74 Å². The molecular formula is C22H16ClFN2O3S. The number of hydrogen-bond donors (Lipinski definition) is 0. The Bertz CT molecular complexity index is 1340. The molecule has 0 radical (unpaired) electrons. The number of carbonyl (C=O) groups excluding carboxylic acids is 1. The van der Waals surface area contributed by atoms with Gasteiger partial charge in [0.2, 0.25) is 0 Å². The predicted molar refractivity (Wildman–Crippen MR) is 114 cm³/mol. The molecule has 0 aliphatic carbocycles. The number of rotatable bonds is 3. The summed E-state index contributed by atoms with van der Waals surface area (Å²) in [6.07, 6.45) is 1.68. The third-order valence-electron chi connectivity index (χ3n) is 4.78. The van der Waals surface area contributed by atoms with Crippen LogP contribution in [-0.2, 0) is 9.53 Å². The molecule has 0 saturated carbocycles. The Balaban J connectivity index is 1.96. The Hall–Kier alpha value is -3.03. The number of hydrogen-bond acceptors (Lipinski definition) is 5. The van der Waals surface area contributed by atoms with Crippen molar-refractivity contribution in [1.29, 1.82) is 0 Å². The molecule has 2 heterocycles. The van der Waals surface area contributed by atoms with E-state index in [1.165, 1.54) is 35.1 Å². The van der Waals surface area contributed by atoms with Crippen molar-refractivity contribution in [2.75, 3.05) is 7.11 Å². The molecular weight excluding hydrogens is 427 g/mol. The summed E-state index contributed by atoms with van der Waals surface area (Å²) < 4.78 is 20.1. The summed E-state index contributed by atoms with van der Waals surface area (Å²) in [6, 6.07) is 12.1. The third kappa shape index (κ3) is 3.62. The quantitative estimate of drug-likeness (QED) is 0.585. The standard InChI is InChI=1S/C22H16ClFN2O3S/c1-12-18(21(28)29-2)19(14-5-7-15(23)8-6-14)26-20(27)17(30-22(26)25-12)11-13-3-9-16(24)10-4-13/h3-11,19H,1-2H3/b17-11+/t19-/m0/s1. The molecule has 4 rings (SSSR count). The van der Waals surface area contributed by atoms with Crippen molar-refractivity contribution >= 4 is 35.0 Å². The van der Waals surface area contributed by atoms with Gasteiger partial charge in [0.15, 0.2) is 4.80 Å². The Morgan fingerprint density at radius 1 is 1.20 bits per heavy atom. The second kappa shape index (κ2) is 8.01. The fourth-order valence-corrected chi connectivity index (χ4v) is 4.54. The van der Waals surface area contributed by atoms with Gasteiger partial charge in [-0.15, -0.1) is 0 Å². The van der Waals surface area contributed by atoms with Gasteiger partial charge in [0, 0.05) is 5.02 Å². The molecule has 3 aromatic rings. The number of esters is 1.